The van der Waals surface area contributed by atoms with Crippen molar-refractivity contribution in [2.75, 3.05) is 0 Å². The third-order valence-corrected chi connectivity index (χ3v) is 3.47. The van der Waals surface area contributed by atoms with Gasteiger partial charge in [0.15, 0.2) is 0 Å². The number of halogens is 4. The average Bonchev–Trinajstić information content (AvgIpc) is 2.36. The summed E-state index contributed by atoms with van der Waals surface area (Å²) in [6.45, 7) is 0. The number of rotatable bonds is 3. The summed E-state index contributed by atoms with van der Waals surface area (Å²) in [5.74, 6) is -1.00. The Bertz CT molecular complexity index is 604. The summed E-state index contributed by atoms with van der Waals surface area (Å²) < 4.78 is 27.9. The van der Waals surface area contributed by atoms with Gasteiger partial charge in [-0.2, -0.15) is 0 Å². The summed E-state index contributed by atoms with van der Waals surface area (Å²) in [6.07, 6.45) is -1.18. The molecule has 0 saturated heterocycles. The normalized spacial score (nSPS) is 12.5. The molecule has 0 aliphatic carbocycles. The van der Waals surface area contributed by atoms with Gasteiger partial charge in [0.25, 0.3) is 0 Å². The molecule has 5 heteroatoms. The van der Waals surface area contributed by atoms with Crippen LogP contribution >= 0.6 is 27.5 Å². The van der Waals surface area contributed by atoms with Crippen LogP contribution in [0.5, 0.6) is 0 Å². The van der Waals surface area contributed by atoms with Gasteiger partial charge in [0, 0.05) is 21.5 Å². The molecule has 0 saturated carbocycles. The van der Waals surface area contributed by atoms with Gasteiger partial charge in [-0.3, -0.25) is 0 Å². The highest BCUT2D eigenvalue weighted by molar-refractivity contribution is 9.10. The number of aliphatic hydroxyl groups excluding tert-OH is 1. The molecular formula is C14H10BrClF2O. The van der Waals surface area contributed by atoms with E-state index >= 15 is 0 Å². The smallest absolute Gasteiger partial charge is 0.129 e. The highest BCUT2D eigenvalue weighted by Crippen LogP contribution is 2.26. The van der Waals surface area contributed by atoms with E-state index in [0.29, 0.717) is 15.1 Å². The van der Waals surface area contributed by atoms with E-state index in [0.717, 1.165) is 0 Å². The molecule has 0 spiro atoms. The lowest BCUT2D eigenvalue weighted by atomic mass is 10.0. The highest BCUT2D eigenvalue weighted by atomic mass is 79.9. The predicted octanol–water partition coefficient (Wildman–Crippen LogP) is 4.66. The molecule has 0 fully saturated rings. The van der Waals surface area contributed by atoms with Crippen LogP contribution in [0, 0.1) is 11.6 Å². The Morgan fingerprint density at radius 2 is 1.79 bits per heavy atom. The van der Waals surface area contributed by atoms with Crippen molar-refractivity contribution in [3.05, 3.63) is 68.7 Å². The van der Waals surface area contributed by atoms with E-state index in [9.17, 15) is 13.9 Å². The maximum atomic E-state index is 13.6. The molecule has 0 aromatic heterocycles. The SMILES string of the molecule is OC(Cc1cc(Br)ccc1F)c1cc(Cl)ccc1F. The molecule has 19 heavy (non-hydrogen) atoms. The second-order valence-corrected chi connectivity index (χ2v) is 5.47. The highest BCUT2D eigenvalue weighted by Gasteiger charge is 2.16. The summed E-state index contributed by atoms with van der Waals surface area (Å²) in [7, 11) is 0. The van der Waals surface area contributed by atoms with E-state index in [1.807, 2.05) is 0 Å². The maximum Gasteiger partial charge on any atom is 0.129 e. The molecule has 1 atom stereocenters. The Labute approximate surface area is 123 Å². The first-order valence-corrected chi connectivity index (χ1v) is 6.71. The van der Waals surface area contributed by atoms with Gasteiger partial charge in [-0.1, -0.05) is 27.5 Å². The molecule has 2 aromatic carbocycles. The van der Waals surface area contributed by atoms with Gasteiger partial charge in [0.05, 0.1) is 6.10 Å². The van der Waals surface area contributed by atoms with E-state index in [2.05, 4.69) is 15.9 Å². The first kappa shape index (κ1) is 14.4. The van der Waals surface area contributed by atoms with Crippen molar-refractivity contribution in [1.82, 2.24) is 0 Å². The zero-order valence-corrected chi connectivity index (χ0v) is 12.0. The summed E-state index contributed by atoms with van der Waals surface area (Å²) in [5.41, 5.74) is 0.369. The van der Waals surface area contributed by atoms with Crippen molar-refractivity contribution in [2.24, 2.45) is 0 Å². The minimum Gasteiger partial charge on any atom is -0.388 e. The first-order chi connectivity index (χ1) is 8.97. The molecule has 100 valence electrons. The lowest BCUT2D eigenvalue weighted by Crippen LogP contribution is -2.06. The molecule has 0 radical (unpaired) electrons. The van der Waals surface area contributed by atoms with E-state index in [1.165, 1.54) is 24.3 Å². The van der Waals surface area contributed by atoms with Crippen LogP contribution in [-0.2, 0) is 6.42 Å². The van der Waals surface area contributed by atoms with Crippen molar-refractivity contribution in [3.8, 4) is 0 Å². The number of hydrogen-bond acceptors (Lipinski definition) is 1. The van der Waals surface area contributed by atoms with Crippen molar-refractivity contribution in [2.45, 2.75) is 12.5 Å². The number of aliphatic hydroxyl groups is 1. The Kier molecular flexibility index (Phi) is 4.55. The lowest BCUT2D eigenvalue weighted by Gasteiger charge is -2.13. The van der Waals surface area contributed by atoms with E-state index in [-0.39, 0.29) is 12.0 Å². The minimum absolute atomic E-state index is 0.0253. The van der Waals surface area contributed by atoms with Gasteiger partial charge in [-0.25, -0.2) is 8.78 Å². The fourth-order valence-electron chi connectivity index (χ4n) is 1.79. The van der Waals surface area contributed by atoms with Crippen molar-refractivity contribution >= 4 is 27.5 Å². The van der Waals surface area contributed by atoms with Crippen LogP contribution in [0.25, 0.3) is 0 Å². The third-order valence-electron chi connectivity index (χ3n) is 2.74. The van der Waals surface area contributed by atoms with Gasteiger partial charge in [0.1, 0.15) is 11.6 Å². The average molecular weight is 348 g/mol. The fraction of sp³-hybridized carbons (Fsp3) is 0.143. The quantitative estimate of drug-likeness (QED) is 0.856. The zero-order valence-electron chi connectivity index (χ0n) is 9.71. The van der Waals surface area contributed by atoms with Gasteiger partial charge in [-0.05, 0) is 42.0 Å². The van der Waals surface area contributed by atoms with Crippen molar-refractivity contribution in [1.29, 1.82) is 0 Å². The Balaban J connectivity index is 2.27. The van der Waals surface area contributed by atoms with Gasteiger partial charge >= 0.3 is 0 Å². The van der Waals surface area contributed by atoms with Gasteiger partial charge in [0.2, 0.25) is 0 Å². The number of benzene rings is 2. The lowest BCUT2D eigenvalue weighted by molar-refractivity contribution is 0.172. The van der Waals surface area contributed by atoms with Crippen LogP contribution < -0.4 is 0 Å². The maximum absolute atomic E-state index is 13.6. The molecule has 0 amide bonds. The summed E-state index contributed by atoms with van der Waals surface area (Å²) >= 11 is 8.99. The number of hydrogen-bond donors (Lipinski definition) is 1. The van der Waals surface area contributed by atoms with Crippen LogP contribution in [0.15, 0.2) is 40.9 Å². The molecule has 0 aliphatic rings. The summed E-state index contributed by atoms with van der Waals surface area (Å²) in [4.78, 5) is 0. The Morgan fingerprint density at radius 3 is 2.53 bits per heavy atom. The first-order valence-electron chi connectivity index (χ1n) is 5.54. The fourth-order valence-corrected chi connectivity index (χ4v) is 2.38. The molecule has 1 nitrogen and oxygen atoms in total. The van der Waals surface area contributed by atoms with Crippen LogP contribution in [0.3, 0.4) is 0 Å². The molecular weight excluding hydrogens is 338 g/mol. The van der Waals surface area contributed by atoms with Crippen molar-refractivity contribution < 1.29 is 13.9 Å². The minimum atomic E-state index is -1.15. The molecule has 0 bridgehead atoms. The molecule has 1 unspecified atom stereocenters. The second-order valence-electron chi connectivity index (χ2n) is 4.12. The standard InChI is InChI=1S/C14H10BrClF2O/c15-9-1-3-12(17)8(5-9)6-14(19)11-7-10(16)2-4-13(11)18/h1-5,7,14,19H,6H2. The van der Waals surface area contributed by atoms with Crippen LogP contribution in [0.1, 0.15) is 17.2 Å². The Hall–Kier alpha value is -0.970. The zero-order chi connectivity index (χ0) is 14.0. The van der Waals surface area contributed by atoms with Gasteiger partial charge in [-0.15, -0.1) is 0 Å². The molecule has 2 rings (SSSR count). The largest absolute Gasteiger partial charge is 0.388 e. The van der Waals surface area contributed by atoms with Crippen LogP contribution in [0.2, 0.25) is 5.02 Å². The monoisotopic (exact) mass is 346 g/mol. The predicted molar refractivity (Wildman–Crippen MR) is 74.2 cm³/mol. The summed E-state index contributed by atoms with van der Waals surface area (Å²) in [5, 5.41) is 10.3. The Morgan fingerprint density at radius 1 is 1.11 bits per heavy atom. The van der Waals surface area contributed by atoms with E-state index < -0.39 is 17.7 Å². The molecule has 1 N–H and O–H groups in total. The third kappa shape index (κ3) is 3.53. The van der Waals surface area contributed by atoms with Crippen LogP contribution in [-0.4, -0.2) is 5.11 Å². The van der Waals surface area contributed by atoms with Crippen molar-refractivity contribution in [3.63, 3.8) is 0 Å². The van der Waals surface area contributed by atoms with E-state index in [4.69, 9.17) is 11.6 Å². The molecule has 0 heterocycles. The van der Waals surface area contributed by atoms with Crippen LogP contribution in [0.4, 0.5) is 8.78 Å². The summed E-state index contributed by atoms with van der Waals surface area (Å²) in [6, 6.07) is 8.33. The van der Waals surface area contributed by atoms with Gasteiger partial charge < -0.3 is 5.11 Å². The topological polar surface area (TPSA) is 20.2 Å². The molecule has 0 aliphatic heterocycles. The molecule has 2 aromatic rings. The second kappa shape index (κ2) is 5.99. The van der Waals surface area contributed by atoms with E-state index in [1.54, 1.807) is 12.1 Å².